The Labute approximate surface area is 111 Å². The van der Waals surface area contributed by atoms with Crippen molar-refractivity contribution >= 4 is 5.69 Å². The summed E-state index contributed by atoms with van der Waals surface area (Å²) in [7, 11) is 0. The molecule has 0 aliphatic carbocycles. The quantitative estimate of drug-likeness (QED) is 0.880. The van der Waals surface area contributed by atoms with Crippen molar-refractivity contribution in [3.63, 3.8) is 0 Å². The summed E-state index contributed by atoms with van der Waals surface area (Å²) in [6.45, 7) is 4.83. The minimum Gasteiger partial charge on any atom is -0.506 e. The van der Waals surface area contributed by atoms with Crippen LogP contribution in [0.4, 0.5) is 5.69 Å². The van der Waals surface area contributed by atoms with Gasteiger partial charge in [-0.1, -0.05) is 0 Å². The third-order valence-electron chi connectivity index (χ3n) is 2.87. The number of anilines is 1. The van der Waals surface area contributed by atoms with E-state index in [4.69, 9.17) is 0 Å². The van der Waals surface area contributed by atoms with Crippen molar-refractivity contribution in [2.45, 2.75) is 26.9 Å². The Kier molecular flexibility index (Phi) is 3.85. The standard InChI is InChI=1S/C14H17N3O2/c1-3-17-9-11(5-7-14(17)19)15-8-12-13(18)6-4-10(2)16-12/h4-7,9,15,18H,3,8H2,1-2H3. The summed E-state index contributed by atoms with van der Waals surface area (Å²) in [4.78, 5) is 15.7. The van der Waals surface area contributed by atoms with Crippen molar-refractivity contribution in [1.82, 2.24) is 9.55 Å². The number of nitrogens with zero attached hydrogens (tertiary/aromatic N) is 2. The molecular formula is C14H17N3O2. The van der Waals surface area contributed by atoms with Gasteiger partial charge in [-0.05, 0) is 32.0 Å². The second kappa shape index (κ2) is 5.56. The lowest BCUT2D eigenvalue weighted by atomic mass is 10.2. The van der Waals surface area contributed by atoms with Crippen molar-refractivity contribution in [3.05, 3.63) is 52.2 Å². The maximum absolute atomic E-state index is 11.5. The van der Waals surface area contributed by atoms with E-state index >= 15 is 0 Å². The van der Waals surface area contributed by atoms with Gasteiger partial charge in [0.15, 0.2) is 0 Å². The van der Waals surface area contributed by atoms with Gasteiger partial charge in [0.05, 0.1) is 12.2 Å². The van der Waals surface area contributed by atoms with E-state index in [2.05, 4.69) is 10.3 Å². The highest BCUT2D eigenvalue weighted by Gasteiger charge is 2.03. The van der Waals surface area contributed by atoms with Gasteiger partial charge in [-0.15, -0.1) is 0 Å². The molecule has 0 amide bonds. The summed E-state index contributed by atoms with van der Waals surface area (Å²) in [6, 6.07) is 6.64. The second-order valence-corrected chi connectivity index (χ2v) is 4.31. The molecule has 19 heavy (non-hydrogen) atoms. The van der Waals surface area contributed by atoms with E-state index in [0.29, 0.717) is 18.8 Å². The lowest BCUT2D eigenvalue weighted by Crippen LogP contribution is -2.18. The van der Waals surface area contributed by atoms with E-state index in [9.17, 15) is 9.90 Å². The molecule has 0 aliphatic rings. The number of pyridine rings is 2. The summed E-state index contributed by atoms with van der Waals surface area (Å²) in [5, 5.41) is 12.8. The number of aromatic hydroxyl groups is 1. The molecule has 0 saturated heterocycles. The maximum Gasteiger partial charge on any atom is 0.250 e. The lowest BCUT2D eigenvalue weighted by Gasteiger charge is -2.10. The van der Waals surface area contributed by atoms with Crippen molar-refractivity contribution in [3.8, 4) is 5.75 Å². The van der Waals surface area contributed by atoms with Crippen LogP contribution in [0, 0.1) is 6.92 Å². The van der Waals surface area contributed by atoms with Gasteiger partial charge in [0.1, 0.15) is 11.4 Å². The zero-order chi connectivity index (χ0) is 13.8. The van der Waals surface area contributed by atoms with Gasteiger partial charge in [-0.2, -0.15) is 0 Å². The van der Waals surface area contributed by atoms with Crippen LogP contribution in [-0.2, 0) is 13.1 Å². The molecule has 2 rings (SSSR count). The number of hydrogen-bond acceptors (Lipinski definition) is 4. The molecule has 0 radical (unpaired) electrons. The van der Waals surface area contributed by atoms with Crippen LogP contribution in [0.25, 0.3) is 0 Å². The first-order valence-corrected chi connectivity index (χ1v) is 6.20. The largest absolute Gasteiger partial charge is 0.506 e. The number of rotatable bonds is 4. The van der Waals surface area contributed by atoms with Crippen molar-refractivity contribution in [2.24, 2.45) is 0 Å². The normalized spacial score (nSPS) is 10.4. The van der Waals surface area contributed by atoms with Crippen LogP contribution in [0.2, 0.25) is 0 Å². The van der Waals surface area contributed by atoms with Gasteiger partial charge in [0, 0.05) is 24.5 Å². The first-order valence-electron chi connectivity index (χ1n) is 6.20. The predicted molar refractivity (Wildman–Crippen MR) is 74.3 cm³/mol. The fourth-order valence-electron chi connectivity index (χ4n) is 1.80. The number of aryl methyl sites for hydroxylation is 2. The van der Waals surface area contributed by atoms with Gasteiger partial charge in [0.2, 0.25) is 0 Å². The zero-order valence-corrected chi connectivity index (χ0v) is 11.1. The highest BCUT2D eigenvalue weighted by atomic mass is 16.3. The van der Waals surface area contributed by atoms with Crippen LogP contribution in [0.1, 0.15) is 18.3 Å². The molecule has 2 aromatic heterocycles. The number of nitrogens with one attached hydrogen (secondary N) is 1. The monoisotopic (exact) mass is 259 g/mol. The lowest BCUT2D eigenvalue weighted by molar-refractivity contribution is 0.464. The summed E-state index contributed by atoms with van der Waals surface area (Å²) >= 11 is 0. The highest BCUT2D eigenvalue weighted by Crippen LogP contribution is 2.16. The van der Waals surface area contributed by atoms with E-state index in [1.54, 1.807) is 29.0 Å². The Morgan fingerprint density at radius 3 is 2.84 bits per heavy atom. The van der Waals surface area contributed by atoms with Gasteiger partial charge in [0.25, 0.3) is 5.56 Å². The molecule has 2 N–H and O–H groups in total. The van der Waals surface area contributed by atoms with Gasteiger partial charge in [-0.25, -0.2) is 0 Å². The molecule has 2 aromatic rings. The topological polar surface area (TPSA) is 67.2 Å². The van der Waals surface area contributed by atoms with Gasteiger partial charge >= 0.3 is 0 Å². The highest BCUT2D eigenvalue weighted by molar-refractivity contribution is 5.42. The molecule has 5 heteroatoms. The zero-order valence-electron chi connectivity index (χ0n) is 11.1. The first-order chi connectivity index (χ1) is 9.10. The van der Waals surface area contributed by atoms with Gasteiger partial charge in [-0.3, -0.25) is 9.78 Å². The van der Waals surface area contributed by atoms with Crippen LogP contribution in [0.3, 0.4) is 0 Å². The number of hydrogen-bond donors (Lipinski definition) is 2. The SMILES string of the molecule is CCn1cc(NCc2nc(C)ccc2O)ccc1=O. The molecular weight excluding hydrogens is 242 g/mol. The van der Waals surface area contributed by atoms with Crippen molar-refractivity contribution < 1.29 is 5.11 Å². The Morgan fingerprint density at radius 1 is 1.32 bits per heavy atom. The molecule has 5 nitrogen and oxygen atoms in total. The molecule has 0 spiro atoms. The Hall–Kier alpha value is -2.30. The molecule has 0 saturated carbocycles. The summed E-state index contributed by atoms with van der Waals surface area (Å²) < 4.78 is 1.62. The van der Waals surface area contributed by atoms with Crippen LogP contribution >= 0.6 is 0 Å². The van der Waals surface area contributed by atoms with E-state index < -0.39 is 0 Å². The Balaban J connectivity index is 2.14. The second-order valence-electron chi connectivity index (χ2n) is 4.31. The van der Waals surface area contributed by atoms with Crippen LogP contribution in [-0.4, -0.2) is 14.7 Å². The molecule has 0 bridgehead atoms. The van der Waals surface area contributed by atoms with Crippen LogP contribution < -0.4 is 10.9 Å². The fourth-order valence-corrected chi connectivity index (χ4v) is 1.80. The first kappa shape index (κ1) is 13.1. The van der Waals surface area contributed by atoms with Crippen LogP contribution in [0.15, 0.2) is 35.3 Å². The molecule has 0 unspecified atom stereocenters. The molecule has 100 valence electrons. The molecule has 0 fully saturated rings. The Bertz CT molecular complexity index is 635. The van der Waals surface area contributed by atoms with Crippen molar-refractivity contribution in [2.75, 3.05) is 5.32 Å². The minimum absolute atomic E-state index is 0.0235. The third-order valence-corrected chi connectivity index (χ3v) is 2.87. The van der Waals surface area contributed by atoms with E-state index in [-0.39, 0.29) is 11.3 Å². The summed E-state index contributed by atoms with van der Waals surface area (Å²) in [5.41, 5.74) is 2.25. The molecule has 0 atom stereocenters. The third kappa shape index (κ3) is 3.13. The maximum atomic E-state index is 11.5. The van der Waals surface area contributed by atoms with Crippen LogP contribution in [0.5, 0.6) is 5.75 Å². The molecule has 2 heterocycles. The average molecular weight is 259 g/mol. The predicted octanol–water partition coefficient (Wildman–Crippen LogP) is 1.89. The summed E-state index contributed by atoms with van der Waals surface area (Å²) in [6.07, 6.45) is 1.76. The number of aromatic nitrogens is 2. The van der Waals surface area contributed by atoms with E-state index in [0.717, 1.165) is 11.4 Å². The molecule has 0 aliphatic heterocycles. The summed E-state index contributed by atoms with van der Waals surface area (Å²) in [5.74, 6) is 0.168. The van der Waals surface area contributed by atoms with E-state index in [1.165, 1.54) is 6.07 Å². The average Bonchev–Trinajstić information content (AvgIpc) is 2.41. The minimum atomic E-state index is -0.0235. The fraction of sp³-hybridized carbons (Fsp3) is 0.286. The Morgan fingerprint density at radius 2 is 2.11 bits per heavy atom. The van der Waals surface area contributed by atoms with E-state index in [1.807, 2.05) is 13.8 Å². The molecule has 0 aromatic carbocycles. The van der Waals surface area contributed by atoms with Gasteiger partial charge < -0.3 is 15.0 Å². The smallest absolute Gasteiger partial charge is 0.250 e. The van der Waals surface area contributed by atoms with Crippen molar-refractivity contribution in [1.29, 1.82) is 0 Å².